The molecule has 3 aromatic rings. The van der Waals surface area contributed by atoms with Crippen LogP contribution in [0.15, 0.2) is 51.7 Å². The van der Waals surface area contributed by atoms with Crippen molar-refractivity contribution in [3.05, 3.63) is 64.4 Å². The van der Waals surface area contributed by atoms with E-state index in [-0.39, 0.29) is 23.6 Å². The third-order valence-corrected chi connectivity index (χ3v) is 4.29. The van der Waals surface area contributed by atoms with Crippen LogP contribution in [0.4, 0.5) is 10.1 Å². The zero-order chi connectivity index (χ0) is 16.7. The van der Waals surface area contributed by atoms with Gasteiger partial charge in [0.15, 0.2) is 5.58 Å². The van der Waals surface area contributed by atoms with Crippen molar-refractivity contribution in [2.45, 2.75) is 18.8 Å². The number of aromatic amines is 1. The summed E-state index contributed by atoms with van der Waals surface area (Å²) in [5.41, 5.74) is 2.37. The Hall–Kier alpha value is -2.89. The number of H-pyrrole nitrogens is 1. The molecule has 1 heterocycles. The Balaban J connectivity index is 1.60. The number of nitrogens with one attached hydrogen (secondary N) is 2. The van der Waals surface area contributed by atoms with Crippen LogP contribution in [0.5, 0.6) is 0 Å². The van der Waals surface area contributed by atoms with E-state index in [4.69, 9.17) is 4.42 Å². The average Bonchev–Trinajstić information content (AvgIpc) is 3.30. The molecule has 0 bridgehead atoms. The van der Waals surface area contributed by atoms with Gasteiger partial charge < -0.3 is 9.73 Å². The number of amides is 1. The predicted molar refractivity (Wildman–Crippen MR) is 87.3 cm³/mol. The molecule has 6 heteroatoms. The Morgan fingerprint density at radius 3 is 2.67 bits per heavy atom. The summed E-state index contributed by atoms with van der Waals surface area (Å²) >= 11 is 0. The van der Waals surface area contributed by atoms with Crippen molar-refractivity contribution in [3.63, 3.8) is 0 Å². The number of aromatic nitrogens is 1. The van der Waals surface area contributed by atoms with E-state index in [1.807, 2.05) is 0 Å². The Bertz CT molecular complexity index is 954. The van der Waals surface area contributed by atoms with Gasteiger partial charge in [0, 0.05) is 5.69 Å². The topological polar surface area (TPSA) is 75.1 Å². The second kappa shape index (κ2) is 5.63. The lowest BCUT2D eigenvalue weighted by Crippen LogP contribution is -2.22. The molecule has 1 unspecified atom stereocenters. The summed E-state index contributed by atoms with van der Waals surface area (Å²) in [5, 5.41) is 2.88. The lowest BCUT2D eigenvalue weighted by atomic mass is 9.93. The second-order valence-corrected chi connectivity index (χ2v) is 6.08. The number of oxazole rings is 1. The number of hydrogen-bond donors (Lipinski definition) is 2. The van der Waals surface area contributed by atoms with E-state index < -0.39 is 5.76 Å². The summed E-state index contributed by atoms with van der Waals surface area (Å²) in [6.45, 7) is 0. The molecule has 1 saturated carbocycles. The van der Waals surface area contributed by atoms with E-state index in [1.54, 1.807) is 30.3 Å². The number of benzene rings is 2. The fraction of sp³-hybridized carbons (Fsp3) is 0.222. The van der Waals surface area contributed by atoms with Gasteiger partial charge in [-0.25, -0.2) is 9.18 Å². The number of carbonyl (C=O) groups excluding carboxylic acids is 1. The van der Waals surface area contributed by atoms with Gasteiger partial charge in [0.25, 0.3) is 0 Å². The molecule has 122 valence electrons. The van der Waals surface area contributed by atoms with Crippen LogP contribution in [0.25, 0.3) is 11.1 Å². The van der Waals surface area contributed by atoms with Crippen LogP contribution in [0.3, 0.4) is 0 Å². The first-order chi connectivity index (χ1) is 11.6. The fourth-order valence-electron chi connectivity index (χ4n) is 2.99. The maximum absolute atomic E-state index is 13.1. The molecular weight excluding hydrogens is 311 g/mol. The lowest BCUT2D eigenvalue weighted by molar-refractivity contribution is -0.118. The SMILES string of the molecule is O=C(Nc1ccc2oc(=O)[nH]c2c1)C(c1ccc(F)cc1)C1CC1. The van der Waals surface area contributed by atoms with Crippen LogP contribution < -0.4 is 11.1 Å². The minimum atomic E-state index is -0.532. The lowest BCUT2D eigenvalue weighted by Gasteiger charge is -2.16. The highest BCUT2D eigenvalue weighted by atomic mass is 19.1. The molecule has 1 aliphatic rings. The van der Waals surface area contributed by atoms with Crippen LogP contribution in [-0.4, -0.2) is 10.9 Å². The average molecular weight is 326 g/mol. The fourth-order valence-corrected chi connectivity index (χ4v) is 2.99. The molecule has 1 aliphatic carbocycles. The number of carbonyl (C=O) groups is 1. The van der Waals surface area contributed by atoms with Crippen molar-refractivity contribution in [1.29, 1.82) is 0 Å². The number of halogens is 1. The molecule has 0 aliphatic heterocycles. The quantitative estimate of drug-likeness (QED) is 0.771. The molecule has 1 aromatic heterocycles. The molecule has 24 heavy (non-hydrogen) atoms. The third-order valence-electron chi connectivity index (χ3n) is 4.29. The largest absolute Gasteiger partial charge is 0.417 e. The van der Waals surface area contributed by atoms with Crippen molar-refractivity contribution in [1.82, 2.24) is 4.98 Å². The van der Waals surface area contributed by atoms with Crippen molar-refractivity contribution >= 4 is 22.7 Å². The summed E-state index contributed by atoms with van der Waals surface area (Å²) in [4.78, 5) is 26.5. The van der Waals surface area contributed by atoms with E-state index in [0.717, 1.165) is 18.4 Å². The molecule has 1 fully saturated rings. The van der Waals surface area contributed by atoms with E-state index in [9.17, 15) is 14.0 Å². The Kier molecular flexibility index (Phi) is 3.45. The Morgan fingerprint density at radius 1 is 1.21 bits per heavy atom. The standard InChI is InChI=1S/C18H15FN2O3/c19-12-5-3-11(4-6-12)16(10-1-2-10)17(22)20-13-7-8-15-14(9-13)21-18(23)24-15/h3-10,16H,1-2H2,(H,20,22)(H,21,23). The predicted octanol–water partition coefficient (Wildman–Crippen LogP) is 3.39. The van der Waals surface area contributed by atoms with Gasteiger partial charge in [-0.2, -0.15) is 0 Å². The number of hydrogen-bond acceptors (Lipinski definition) is 3. The van der Waals surface area contributed by atoms with Crippen LogP contribution >= 0.6 is 0 Å². The normalized spacial score (nSPS) is 15.4. The summed E-state index contributed by atoms with van der Waals surface area (Å²) in [7, 11) is 0. The van der Waals surface area contributed by atoms with Gasteiger partial charge in [-0.1, -0.05) is 12.1 Å². The Labute approximate surface area is 136 Å². The van der Waals surface area contributed by atoms with E-state index >= 15 is 0 Å². The monoisotopic (exact) mass is 326 g/mol. The van der Waals surface area contributed by atoms with Gasteiger partial charge in [0.1, 0.15) is 5.82 Å². The summed E-state index contributed by atoms with van der Waals surface area (Å²) in [6, 6.07) is 11.1. The highest BCUT2D eigenvalue weighted by Gasteiger charge is 2.37. The van der Waals surface area contributed by atoms with Crippen LogP contribution in [0, 0.1) is 11.7 Å². The van der Waals surface area contributed by atoms with Crippen LogP contribution in [0.2, 0.25) is 0 Å². The molecule has 0 spiro atoms. The molecule has 0 radical (unpaired) electrons. The zero-order valence-corrected chi connectivity index (χ0v) is 12.7. The molecule has 1 amide bonds. The first-order valence-electron chi connectivity index (χ1n) is 7.79. The molecule has 2 N–H and O–H groups in total. The highest BCUT2D eigenvalue weighted by molar-refractivity contribution is 5.97. The first-order valence-corrected chi connectivity index (χ1v) is 7.79. The minimum Gasteiger partial charge on any atom is -0.408 e. The van der Waals surface area contributed by atoms with Gasteiger partial charge in [-0.3, -0.25) is 9.78 Å². The van der Waals surface area contributed by atoms with Gasteiger partial charge >= 0.3 is 5.76 Å². The number of anilines is 1. The van der Waals surface area contributed by atoms with E-state index in [2.05, 4.69) is 10.3 Å². The van der Waals surface area contributed by atoms with Crippen LogP contribution in [0.1, 0.15) is 24.3 Å². The van der Waals surface area contributed by atoms with Crippen LogP contribution in [-0.2, 0) is 4.79 Å². The molecular formula is C18H15FN2O3. The smallest absolute Gasteiger partial charge is 0.408 e. The maximum Gasteiger partial charge on any atom is 0.417 e. The van der Waals surface area contributed by atoms with Gasteiger partial charge in [0.05, 0.1) is 11.4 Å². The van der Waals surface area contributed by atoms with Crippen molar-refractivity contribution < 1.29 is 13.6 Å². The summed E-state index contributed by atoms with van der Waals surface area (Å²) in [6.07, 6.45) is 1.98. The molecule has 2 aromatic carbocycles. The van der Waals surface area contributed by atoms with Crippen molar-refractivity contribution in [3.8, 4) is 0 Å². The molecule has 1 atom stereocenters. The third kappa shape index (κ3) is 2.82. The Morgan fingerprint density at radius 2 is 1.96 bits per heavy atom. The molecule has 0 saturated heterocycles. The highest BCUT2D eigenvalue weighted by Crippen LogP contribution is 2.43. The zero-order valence-electron chi connectivity index (χ0n) is 12.7. The van der Waals surface area contributed by atoms with Crippen molar-refractivity contribution in [2.24, 2.45) is 5.92 Å². The minimum absolute atomic E-state index is 0.130. The van der Waals surface area contributed by atoms with Gasteiger partial charge in [-0.05, 0) is 54.7 Å². The molecule has 4 rings (SSSR count). The summed E-state index contributed by atoms with van der Waals surface area (Å²) in [5.74, 6) is -0.995. The first kappa shape index (κ1) is 14.7. The molecule has 5 nitrogen and oxygen atoms in total. The number of fused-ring (bicyclic) bond motifs is 1. The van der Waals surface area contributed by atoms with Gasteiger partial charge in [-0.15, -0.1) is 0 Å². The summed E-state index contributed by atoms with van der Waals surface area (Å²) < 4.78 is 18.1. The van der Waals surface area contributed by atoms with E-state index in [1.165, 1.54) is 12.1 Å². The second-order valence-electron chi connectivity index (χ2n) is 6.08. The van der Waals surface area contributed by atoms with Gasteiger partial charge in [0.2, 0.25) is 5.91 Å². The van der Waals surface area contributed by atoms with Crippen molar-refractivity contribution in [2.75, 3.05) is 5.32 Å². The van der Waals surface area contributed by atoms with E-state index in [0.29, 0.717) is 16.8 Å². The maximum atomic E-state index is 13.1. The number of rotatable bonds is 4.